The first kappa shape index (κ1) is 10.7. The summed E-state index contributed by atoms with van der Waals surface area (Å²) in [6.07, 6.45) is 9.19. The van der Waals surface area contributed by atoms with Crippen molar-refractivity contribution in [1.29, 1.82) is 0 Å². The highest BCUT2D eigenvalue weighted by Gasteiger charge is 2.42. The van der Waals surface area contributed by atoms with Crippen molar-refractivity contribution in [3.8, 4) is 0 Å². The van der Waals surface area contributed by atoms with Gasteiger partial charge in [0.1, 0.15) is 0 Å². The Kier molecular flexibility index (Phi) is 3.10. The third kappa shape index (κ3) is 2.59. The summed E-state index contributed by atoms with van der Waals surface area (Å²) in [5.74, 6) is 0.323. The van der Waals surface area contributed by atoms with Gasteiger partial charge in [0, 0.05) is 17.9 Å². The van der Waals surface area contributed by atoms with Crippen LogP contribution >= 0.6 is 0 Å². The molecule has 3 heteroatoms. The monoisotopic (exact) mass is 209 g/mol. The summed E-state index contributed by atoms with van der Waals surface area (Å²) in [6.45, 7) is 0.862. The largest absolute Gasteiger partial charge is 0.396 e. The van der Waals surface area contributed by atoms with Crippen molar-refractivity contribution in [2.24, 2.45) is 11.3 Å². The molecule has 15 heavy (non-hydrogen) atoms. The van der Waals surface area contributed by atoms with E-state index < -0.39 is 0 Å². The fourth-order valence-electron chi connectivity index (χ4n) is 2.02. The molecule has 84 valence electrons. The average Bonchev–Trinajstić information content (AvgIpc) is 3.08. The van der Waals surface area contributed by atoms with E-state index in [1.807, 2.05) is 0 Å². The summed E-state index contributed by atoms with van der Waals surface area (Å²) in [6, 6.07) is 0. The molecular formula is C12H19NO2. The standard InChI is InChI=1S/C12H19NO2/c14-9-12(6-7-12)8-13-11(15)10-4-2-1-3-5-10/h1-2,10,14H,3-9H2,(H,13,15)/t10-/m0/s1. The second-order valence-electron chi connectivity index (χ2n) is 4.86. The first-order chi connectivity index (χ1) is 7.26. The molecule has 2 N–H and O–H groups in total. The minimum atomic E-state index is 0.0279. The van der Waals surface area contributed by atoms with Crippen molar-refractivity contribution in [2.45, 2.75) is 32.1 Å². The zero-order valence-corrected chi connectivity index (χ0v) is 9.04. The molecule has 0 unspecified atom stereocenters. The lowest BCUT2D eigenvalue weighted by Gasteiger charge is -2.19. The van der Waals surface area contributed by atoms with E-state index in [-0.39, 0.29) is 23.8 Å². The molecule has 0 saturated heterocycles. The topological polar surface area (TPSA) is 49.3 Å². The maximum Gasteiger partial charge on any atom is 0.223 e. The Labute approximate surface area is 90.6 Å². The van der Waals surface area contributed by atoms with Crippen LogP contribution in [-0.2, 0) is 4.79 Å². The smallest absolute Gasteiger partial charge is 0.223 e. The van der Waals surface area contributed by atoms with E-state index >= 15 is 0 Å². The minimum Gasteiger partial charge on any atom is -0.396 e. The van der Waals surface area contributed by atoms with E-state index in [9.17, 15) is 4.79 Å². The Balaban J connectivity index is 1.74. The van der Waals surface area contributed by atoms with Gasteiger partial charge in [-0.25, -0.2) is 0 Å². The number of amides is 1. The summed E-state index contributed by atoms with van der Waals surface area (Å²) in [5, 5.41) is 12.1. The van der Waals surface area contributed by atoms with Crippen LogP contribution in [-0.4, -0.2) is 24.2 Å². The Hall–Kier alpha value is -0.830. The van der Waals surface area contributed by atoms with E-state index in [2.05, 4.69) is 17.5 Å². The Morgan fingerprint density at radius 1 is 1.47 bits per heavy atom. The summed E-state index contributed by atoms with van der Waals surface area (Å²) < 4.78 is 0. The molecule has 0 bridgehead atoms. The molecule has 1 atom stereocenters. The summed E-state index contributed by atoms with van der Waals surface area (Å²) >= 11 is 0. The Morgan fingerprint density at radius 3 is 2.80 bits per heavy atom. The maximum absolute atomic E-state index is 11.8. The molecule has 1 amide bonds. The quantitative estimate of drug-likeness (QED) is 0.684. The van der Waals surface area contributed by atoms with E-state index in [4.69, 9.17) is 5.11 Å². The third-order valence-electron chi connectivity index (χ3n) is 3.57. The molecule has 2 rings (SSSR count). The zero-order valence-electron chi connectivity index (χ0n) is 9.04. The van der Waals surface area contributed by atoms with E-state index in [0.717, 1.165) is 32.1 Å². The number of allylic oxidation sites excluding steroid dienone is 2. The molecule has 0 spiro atoms. The predicted molar refractivity (Wildman–Crippen MR) is 58.2 cm³/mol. The summed E-state index contributed by atoms with van der Waals surface area (Å²) in [5.41, 5.74) is 0.0279. The van der Waals surface area contributed by atoms with Crippen molar-refractivity contribution < 1.29 is 9.90 Å². The van der Waals surface area contributed by atoms with Crippen molar-refractivity contribution in [3.05, 3.63) is 12.2 Å². The van der Waals surface area contributed by atoms with Crippen LogP contribution < -0.4 is 5.32 Å². The highest BCUT2D eigenvalue weighted by molar-refractivity contribution is 5.79. The third-order valence-corrected chi connectivity index (χ3v) is 3.57. The van der Waals surface area contributed by atoms with Crippen LogP contribution in [0.2, 0.25) is 0 Å². The Morgan fingerprint density at radius 2 is 2.27 bits per heavy atom. The second-order valence-corrected chi connectivity index (χ2v) is 4.86. The van der Waals surface area contributed by atoms with E-state index in [1.54, 1.807) is 0 Å². The molecule has 1 fully saturated rings. The Bertz CT molecular complexity index is 269. The first-order valence-electron chi connectivity index (χ1n) is 5.79. The molecule has 0 aromatic rings. The fraction of sp³-hybridized carbons (Fsp3) is 0.750. The van der Waals surface area contributed by atoms with E-state index in [0.29, 0.717) is 6.54 Å². The lowest BCUT2D eigenvalue weighted by molar-refractivity contribution is -0.125. The van der Waals surface area contributed by atoms with Crippen LogP contribution in [0.1, 0.15) is 32.1 Å². The molecule has 0 aliphatic heterocycles. The van der Waals surface area contributed by atoms with Crippen LogP contribution in [0.5, 0.6) is 0 Å². The van der Waals surface area contributed by atoms with Gasteiger partial charge in [0.15, 0.2) is 0 Å². The van der Waals surface area contributed by atoms with Crippen LogP contribution in [0.3, 0.4) is 0 Å². The van der Waals surface area contributed by atoms with Gasteiger partial charge in [-0.3, -0.25) is 4.79 Å². The normalized spacial score (nSPS) is 27.4. The van der Waals surface area contributed by atoms with Crippen molar-refractivity contribution in [1.82, 2.24) is 5.32 Å². The maximum atomic E-state index is 11.8. The van der Waals surface area contributed by atoms with Gasteiger partial charge in [0.05, 0.1) is 6.61 Å². The number of nitrogens with one attached hydrogen (secondary N) is 1. The lowest BCUT2D eigenvalue weighted by Crippen LogP contribution is -2.36. The van der Waals surface area contributed by atoms with Crippen molar-refractivity contribution in [2.75, 3.05) is 13.2 Å². The number of carbonyl (C=O) groups excluding carboxylic acids is 1. The van der Waals surface area contributed by atoms with Gasteiger partial charge >= 0.3 is 0 Å². The molecular weight excluding hydrogens is 190 g/mol. The molecule has 2 aliphatic rings. The molecule has 0 radical (unpaired) electrons. The van der Waals surface area contributed by atoms with Crippen molar-refractivity contribution in [3.63, 3.8) is 0 Å². The predicted octanol–water partition coefficient (Wildman–Crippen LogP) is 1.23. The van der Waals surface area contributed by atoms with Crippen LogP contribution in [0, 0.1) is 11.3 Å². The number of hydrogen-bond acceptors (Lipinski definition) is 2. The number of hydrogen-bond donors (Lipinski definition) is 2. The van der Waals surface area contributed by atoms with Gasteiger partial charge in [-0.15, -0.1) is 0 Å². The minimum absolute atomic E-state index is 0.0279. The molecule has 1 saturated carbocycles. The van der Waals surface area contributed by atoms with Gasteiger partial charge in [0.2, 0.25) is 5.91 Å². The van der Waals surface area contributed by atoms with Gasteiger partial charge in [-0.1, -0.05) is 12.2 Å². The average molecular weight is 209 g/mol. The molecule has 0 aromatic carbocycles. The van der Waals surface area contributed by atoms with Crippen LogP contribution in [0.25, 0.3) is 0 Å². The lowest BCUT2D eigenvalue weighted by atomic mass is 9.93. The van der Waals surface area contributed by atoms with Gasteiger partial charge in [0.25, 0.3) is 0 Å². The zero-order chi connectivity index (χ0) is 10.7. The highest BCUT2D eigenvalue weighted by Crippen LogP contribution is 2.44. The SMILES string of the molecule is O=C(NCC1(CO)CC1)[C@H]1CC=CCC1. The molecule has 0 heterocycles. The highest BCUT2D eigenvalue weighted by atomic mass is 16.3. The second kappa shape index (κ2) is 4.35. The number of carbonyl (C=O) groups is 1. The summed E-state index contributed by atoms with van der Waals surface area (Å²) in [7, 11) is 0. The van der Waals surface area contributed by atoms with Gasteiger partial charge in [-0.2, -0.15) is 0 Å². The first-order valence-corrected chi connectivity index (χ1v) is 5.79. The molecule has 3 nitrogen and oxygen atoms in total. The number of aliphatic hydroxyl groups excluding tert-OH is 1. The number of aliphatic hydroxyl groups is 1. The molecule has 0 aromatic heterocycles. The van der Waals surface area contributed by atoms with Crippen LogP contribution in [0.15, 0.2) is 12.2 Å². The number of rotatable bonds is 4. The van der Waals surface area contributed by atoms with Gasteiger partial charge < -0.3 is 10.4 Å². The molecule has 2 aliphatic carbocycles. The summed E-state index contributed by atoms with van der Waals surface area (Å²) in [4.78, 5) is 11.8. The van der Waals surface area contributed by atoms with Crippen molar-refractivity contribution >= 4 is 5.91 Å². The van der Waals surface area contributed by atoms with Gasteiger partial charge in [-0.05, 0) is 32.1 Å². The van der Waals surface area contributed by atoms with E-state index in [1.165, 1.54) is 0 Å². The van der Waals surface area contributed by atoms with Crippen LogP contribution in [0.4, 0.5) is 0 Å². The fourth-order valence-corrected chi connectivity index (χ4v) is 2.02.